The van der Waals surface area contributed by atoms with Crippen molar-refractivity contribution in [2.45, 2.75) is 44.7 Å². The number of nitrogens with one attached hydrogen (secondary N) is 2. The Bertz CT molecular complexity index is 441. The highest BCUT2D eigenvalue weighted by Gasteiger charge is 2.27. The normalized spacial score (nSPS) is 24.0. The van der Waals surface area contributed by atoms with Gasteiger partial charge in [0.05, 0.1) is 12.2 Å². The number of nitrogens with zero attached hydrogens (tertiary/aromatic N) is 3. The molecule has 2 N–H and O–H groups in total. The highest BCUT2D eigenvalue weighted by atomic mass is 16.2. The van der Waals surface area contributed by atoms with Crippen molar-refractivity contribution in [1.82, 2.24) is 25.3 Å². The summed E-state index contributed by atoms with van der Waals surface area (Å²) in [6.07, 6.45) is 7.89. The van der Waals surface area contributed by atoms with Gasteiger partial charge in [0, 0.05) is 25.3 Å². The lowest BCUT2D eigenvalue weighted by atomic mass is 10.1. The van der Waals surface area contributed by atoms with Crippen LogP contribution in [0.3, 0.4) is 0 Å². The number of hydrogen-bond acceptors (Lipinski definition) is 3. The number of aromatic nitrogens is 2. The number of hydrogen-bond donors (Lipinski definition) is 2. The molecule has 2 aliphatic heterocycles. The zero-order valence-electron chi connectivity index (χ0n) is 12.6. The molecule has 0 spiro atoms. The van der Waals surface area contributed by atoms with E-state index in [0.29, 0.717) is 12.6 Å². The second kappa shape index (κ2) is 6.93. The van der Waals surface area contributed by atoms with E-state index in [4.69, 9.17) is 0 Å². The largest absolute Gasteiger partial charge is 0.332 e. The first-order chi connectivity index (χ1) is 10.3. The minimum Gasteiger partial charge on any atom is -0.332 e. The molecule has 116 valence electrons. The van der Waals surface area contributed by atoms with Crippen molar-refractivity contribution in [2.24, 2.45) is 0 Å². The smallest absolute Gasteiger partial charge is 0.317 e. The SMILES string of the molecule is O=C(NCc1ccn[nH]1)N1CCCC[C@H](N2CCCC2)C1. The van der Waals surface area contributed by atoms with Crippen LogP contribution in [0.4, 0.5) is 4.79 Å². The molecule has 3 heterocycles. The third-order valence-electron chi connectivity index (χ3n) is 4.58. The predicted octanol–water partition coefficient (Wildman–Crippen LogP) is 1.57. The van der Waals surface area contributed by atoms with E-state index < -0.39 is 0 Å². The summed E-state index contributed by atoms with van der Waals surface area (Å²) < 4.78 is 0. The zero-order valence-corrected chi connectivity index (χ0v) is 12.6. The van der Waals surface area contributed by atoms with Gasteiger partial charge in [-0.3, -0.25) is 10.00 Å². The van der Waals surface area contributed by atoms with E-state index in [2.05, 4.69) is 20.4 Å². The fraction of sp³-hybridized carbons (Fsp3) is 0.733. The van der Waals surface area contributed by atoms with Crippen LogP contribution in [-0.2, 0) is 6.54 Å². The molecular weight excluding hydrogens is 266 g/mol. The summed E-state index contributed by atoms with van der Waals surface area (Å²) in [6, 6.07) is 2.49. The number of aromatic amines is 1. The molecule has 0 aliphatic carbocycles. The number of likely N-dealkylation sites (tertiary alicyclic amines) is 2. The summed E-state index contributed by atoms with van der Waals surface area (Å²) in [4.78, 5) is 16.9. The van der Waals surface area contributed by atoms with Crippen LogP contribution in [0.1, 0.15) is 37.8 Å². The molecule has 0 radical (unpaired) electrons. The number of carbonyl (C=O) groups is 1. The van der Waals surface area contributed by atoms with E-state index in [9.17, 15) is 4.79 Å². The summed E-state index contributed by atoms with van der Waals surface area (Å²) in [5, 5.41) is 9.76. The van der Waals surface area contributed by atoms with Gasteiger partial charge in [0.1, 0.15) is 0 Å². The average molecular weight is 291 g/mol. The first kappa shape index (κ1) is 14.4. The summed E-state index contributed by atoms with van der Waals surface area (Å²) in [5.41, 5.74) is 0.939. The van der Waals surface area contributed by atoms with E-state index in [1.165, 1.54) is 38.8 Å². The molecule has 2 saturated heterocycles. The fourth-order valence-electron chi connectivity index (χ4n) is 3.37. The van der Waals surface area contributed by atoms with E-state index in [1.807, 2.05) is 11.0 Å². The second-order valence-electron chi connectivity index (χ2n) is 6.08. The molecule has 2 fully saturated rings. The molecule has 2 amide bonds. The van der Waals surface area contributed by atoms with Crippen LogP contribution in [0.2, 0.25) is 0 Å². The first-order valence-electron chi connectivity index (χ1n) is 8.08. The lowest BCUT2D eigenvalue weighted by Gasteiger charge is -2.30. The summed E-state index contributed by atoms with van der Waals surface area (Å²) >= 11 is 0. The van der Waals surface area contributed by atoms with Crippen LogP contribution < -0.4 is 5.32 Å². The van der Waals surface area contributed by atoms with Gasteiger partial charge in [-0.2, -0.15) is 5.10 Å². The van der Waals surface area contributed by atoms with Crippen molar-refractivity contribution in [3.63, 3.8) is 0 Å². The van der Waals surface area contributed by atoms with Gasteiger partial charge in [-0.1, -0.05) is 6.42 Å². The van der Waals surface area contributed by atoms with Gasteiger partial charge in [-0.15, -0.1) is 0 Å². The highest BCUT2D eigenvalue weighted by Crippen LogP contribution is 2.20. The molecule has 1 atom stereocenters. The Kier molecular flexibility index (Phi) is 4.75. The molecule has 6 nitrogen and oxygen atoms in total. The van der Waals surface area contributed by atoms with Crippen LogP contribution in [0, 0.1) is 0 Å². The van der Waals surface area contributed by atoms with Crippen molar-refractivity contribution < 1.29 is 4.79 Å². The molecule has 0 aromatic carbocycles. The topological polar surface area (TPSA) is 64.3 Å². The number of rotatable bonds is 3. The Morgan fingerprint density at radius 1 is 1.29 bits per heavy atom. The Morgan fingerprint density at radius 3 is 2.86 bits per heavy atom. The lowest BCUT2D eigenvalue weighted by molar-refractivity contribution is 0.165. The molecule has 3 rings (SSSR count). The Hall–Kier alpha value is -1.56. The van der Waals surface area contributed by atoms with Crippen LogP contribution in [0.5, 0.6) is 0 Å². The van der Waals surface area contributed by atoms with Crippen molar-refractivity contribution in [3.8, 4) is 0 Å². The maximum absolute atomic E-state index is 12.4. The average Bonchev–Trinajstić information content (AvgIpc) is 3.15. The standard InChI is InChI=1S/C15H25N5O/c21-15(16-11-13-6-7-17-18-13)20-10-2-1-5-14(12-20)19-8-3-4-9-19/h6-7,14H,1-5,8-12H2,(H,16,21)(H,17,18)/t14-/m0/s1. The molecule has 2 aliphatic rings. The predicted molar refractivity (Wildman–Crippen MR) is 80.8 cm³/mol. The maximum atomic E-state index is 12.4. The lowest BCUT2D eigenvalue weighted by Crippen LogP contribution is -2.47. The number of H-pyrrole nitrogens is 1. The highest BCUT2D eigenvalue weighted by molar-refractivity contribution is 5.74. The molecule has 1 aromatic heterocycles. The van der Waals surface area contributed by atoms with Gasteiger partial charge >= 0.3 is 6.03 Å². The van der Waals surface area contributed by atoms with E-state index in [-0.39, 0.29) is 6.03 Å². The molecule has 1 aromatic rings. The van der Waals surface area contributed by atoms with Crippen LogP contribution in [0.25, 0.3) is 0 Å². The van der Waals surface area contributed by atoms with Crippen LogP contribution in [0.15, 0.2) is 12.3 Å². The Morgan fingerprint density at radius 2 is 2.10 bits per heavy atom. The quantitative estimate of drug-likeness (QED) is 0.888. The van der Waals surface area contributed by atoms with Crippen molar-refractivity contribution in [3.05, 3.63) is 18.0 Å². The van der Waals surface area contributed by atoms with Gasteiger partial charge in [0.2, 0.25) is 0 Å². The second-order valence-corrected chi connectivity index (χ2v) is 6.08. The number of carbonyl (C=O) groups excluding carboxylic acids is 1. The van der Waals surface area contributed by atoms with E-state index >= 15 is 0 Å². The third kappa shape index (κ3) is 3.75. The van der Waals surface area contributed by atoms with Crippen molar-refractivity contribution >= 4 is 6.03 Å². The Labute approximate surface area is 125 Å². The number of urea groups is 1. The monoisotopic (exact) mass is 291 g/mol. The molecule has 0 bridgehead atoms. The third-order valence-corrected chi connectivity index (χ3v) is 4.58. The van der Waals surface area contributed by atoms with Gasteiger partial charge < -0.3 is 10.2 Å². The molecular formula is C15H25N5O. The van der Waals surface area contributed by atoms with E-state index in [1.54, 1.807) is 6.20 Å². The van der Waals surface area contributed by atoms with Gasteiger partial charge in [-0.05, 0) is 44.8 Å². The van der Waals surface area contributed by atoms with Crippen LogP contribution >= 0.6 is 0 Å². The van der Waals surface area contributed by atoms with Crippen molar-refractivity contribution in [1.29, 1.82) is 0 Å². The van der Waals surface area contributed by atoms with Gasteiger partial charge in [0.15, 0.2) is 0 Å². The summed E-state index contributed by atoms with van der Waals surface area (Å²) in [6.45, 7) is 4.67. The minimum absolute atomic E-state index is 0.0516. The molecule has 21 heavy (non-hydrogen) atoms. The van der Waals surface area contributed by atoms with Crippen LogP contribution in [-0.4, -0.2) is 58.2 Å². The molecule has 6 heteroatoms. The molecule has 0 saturated carbocycles. The Balaban J connectivity index is 1.53. The summed E-state index contributed by atoms with van der Waals surface area (Å²) in [5.74, 6) is 0. The first-order valence-corrected chi connectivity index (χ1v) is 8.08. The van der Waals surface area contributed by atoms with E-state index in [0.717, 1.165) is 25.2 Å². The minimum atomic E-state index is 0.0516. The van der Waals surface area contributed by atoms with Gasteiger partial charge in [0.25, 0.3) is 0 Å². The maximum Gasteiger partial charge on any atom is 0.317 e. The van der Waals surface area contributed by atoms with Crippen molar-refractivity contribution in [2.75, 3.05) is 26.2 Å². The molecule has 0 unspecified atom stereocenters. The zero-order chi connectivity index (χ0) is 14.5. The number of amides is 2. The van der Waals surface area contributed by atoms with Gasteiger partial charge in [-0.25, -0.2) is 4.79 Å². The fourth-order valence-corrected chi connectivity index (χ4v) is 3.37. The summed E-state index contributed by atoms with van der Waals surface area (Å²) in [7, 11) is 0.